The van der Waals surface area contributed by atoms with Gasteiger partial charge in [-0.25, -0.2) is 4.79 Å². The van der Waals surface area contributed by atoms with Crippen molar-refractivity contribution < 1.29 is 18.7 Å². The number of benzene rings is 1. The summed E-state index contributed by atoms with van der Waals surface area (Å²) in [5, 5.41) is 0.671. The van der Waals surface area contributed by atoms with Crippen molar-refractivity contribution in [1.82, 2.24) is 0 Å². The minimum atomic E-state index is -0.548. The van der Waals surface area contributed by atoms with E-state index in [-0.39, 0.29) is 5.76 Å². The van der Waals surface area contributed by atoms with Gasteiger partial charge in [0.15, 0.2) is 0 Å². The third kappa shape index (κ3) is 3.21. The Kier molecular flexibility index (Phi) is 4.47. The number of furan rings is 1. The minimum absolute atomic E-state index is 0.141. The van der Waals surface area contributed by atoms with Crippen molar-refractivity contribution in [2.75, 3.05) is 7.11 Å². The maximum atomic E-state index is 11.9. The van der Waals surface area contributed by atoms with Crippen molar-refractivity contribution >= 4 is 17.6 Å². The Hall–Kier alpha value is -1.78. The number of hydrogen-bond donors (Lipinski definition) is 0. The quantitative estimate of drug-likeness (QED) is 0.633. The van der Waals surface area contributed by atoms with E-state index in [4.69, 9.17) is 25.5 Å². The Morgan fingerprint density at radius 2 is 1.90 bits per heavy atom. The van der Waals surface area contributed by atoms with Crippen LogP contribution in [-0.4, -0.2) is 13.1 Å². The highest BCUT2D eigenvalue weighted by atomic mass is 35.5. The molecule has 0 aliphatic carbocycles. The van der Waals surface area contributed by atoms with Gasteiger partial charge in [-0.15, -0.1) is 0 Å². The molecule has 5 heteroatoms. The second-order valence-corrected chi connectivity index (χ2v) is 4.84. The summed E-state index contributed by atoms with van der Waals surface area (Å²) in [4.78, 5) is 11.9. The number of carbonyl (C=O) groups excluding carboxylic acids is 1. The summed E-state index contributed by atoms with van der Waals surface area (Å²) in [6.45, 7) is 4.03. The molecule has 0 bridgehead atoms. The fourth-order valence-electron chi connectivity index (χ4n) is 1.83. The Labute approximate surface area is 122 Å². The number of methoxy groups -OCH3 is 1. The van der Waals surface area contributed by atoms with Crippen LogP contribution in [0.5, 0.6) is 5.75 Å². The molecule has 0 spiro atoms. The molecule has 0 N–H and O–H groups in total. The van der Waals surface area contributed by atoms with Gasteiger partial charge in [-0.05, 0) is 49.2 Å². The minimum Gasteiger partial charge on any atom is -0.452 e. The highest BCUT2D eigenvalue weighted by molar-refractivity contribution is 6.32. The Balaban J connectivity index is 2.14. The predicted octanol–water partition coefficient (Wildman–Crippen LogP) is 3.92. The molecule has 2 rings (SSSR count). The van der Waals surface area contributed by atoms with Crippen molar-refractivity contribution in [3.05, 3.63) is 51.9 Å². The molecule has 0 unspecified atom stereocenters. The van der Waals surface area contributed by atoms with Crippen molar-refractivity contribution in [1.29, 1.82) is 0 Å². The summed E-state index contributed by atoms with van der Waals surface area (Å²) in [6.07, 6.45) is 0. The lowest BCUT2D eigenvalue weighted by Gasteiger charge is -2.07. The summed E-state index contributed by atoms with van der Waals surface area (Å²) >= 11 is 6.07. The summed E-state index contributed by atoms with van der Waals surface area (Å²) in [6, 6.07) is 6.67. The first-order valence-corrected chi connectivity index (χ1v) is 6.45. The Morgan fingerprint density at radius 1 is 1.25 bits per heavy atom. The van der Waals surface area contributed by atoms with Gasteiger partial charge in [-0.2, -0.15) is 0 Å². The SMILES string of the molecule is COCc1ccc(C(=O)Oc2cc(C)c(Cl)c(C)c2)o1. The molecule has 0 saturated carbocycles. The zero-order valence-electron chi connectivity index (χ0n) is 11.5. The molecule has 0 amide bonds. The number of carbonyl (C=O) groups is 1. The first-order valence-electron chi connectivity index (χ1n) is 6.08. The maximum absolute atomic E-state index is 11.9. The summed E-state index contributed by atoms with van der Waals surface area (Å²) < 4.78 is 15.5. The van der Waals surface area contributed by atoms with Crippen LogP contribution in [0, 0.1) is 13.8 Å². The maximum Gasteiger partial charge on any atom is 0.379 e. The molecule has 0 aliphatic rings. The van der Waals surface area contributed by atoms with Crippen molar-refractivity contribution in [2.45, 2.75) is 20.5 Å². The van der Waals surface area contributed by atoms with Crippen LogP contribution >= 0.6 is 11.6 Å². The van der Waals surface area contributed by atoms with Crippen LogP contribution in [0.1, 0.15) is 27.4 Å². The molecule has 1 aromatic heterocycles. The smallest absolute Gasteiger partial charge is 0.379 e. The molecule has 0 saturated heterocycles. The number of halogens is 1. The van der Waals surface area contributed by atoms with E-state index in [2.05, 4.69) is 0 Å². The lowest BCUT2D eigenvalue weighted by atomic mass is 10.1. The van der Waals surface area contributed by atoms with Gasteiger partial charge in [-0.1, -0.05) is 11.6 Å². The van der Waals surface area contributed by atoms with Gasteiger partial charge in [0.1, 0.15) is 18.1 Å². The Bertz CT molecular complexity index is 608. The average Bonchev–Trinajstić information content (AvgIpc) is 2.85. The van der Waals surface area contributed by atoms with Gasteiger partial charge >= 0.3 is 5.97 Å². The topological polar surface area (TPSA) is 48.7 Å². The summed E-state index contributed by atoms with van der Waals surface area (Å²) in [5.41, 5.74) is 1.71. The van der Waals surface area contributed by atoms with Gasteiger partial charge < -0.3 is 13.9 Å². The van der Waals surface area contributed by atoms with Crippen LogP contribution in [0.25, 0.3) is 0 Å². The number of aryl methyl sites for hydroxylation is 2. The number of rotatable bonds is 4. The normalized spacial score (nSPS) is 10.6. The highest BCUT2D eigenvalue weighted by Crippen LogP contribution is 2.26. The molecule has 1 heterocycles. The molecule has 1 aromatic carbocycles. The molecule has 0 atom stereocenters. The third-order valence-corrected chi connectivity index (χ3v) is 3.37. The van der Waals surface area contributed by atoms with E-state index in [1.165, 1.54) is 0 Å². The van der Waals surface area contributed by atoms with Crippen LogP contribution < -0.4 is 4.74 Å². The first-order chi connectivity index (χ1) is 9.51. The van der Waals surface area contributed by atoms with Crippen LogP contribution in [0.4, 0.5) is 0 Å². The van der Waals surface area contributed by atoms with Gasteiger partial charge in [0.2, 0.25) is 5.76 Å². The third-order valence-electron chi connectivity index (χ3n) is 2.77. The van der Waals surface area contributed by atoms with Crippen molar-refractivity contribution in [2.24, 2.45) is 0 Å². The lowest BCUT2D eigenvalue weighted by molar-refractivity contribution is 0.0693. The second kappa shape index (κ2) is 6.11. The summed E-state index contributed by atoms with van der Waals surface area (Å²) in [5.74, 6) is 0.609. The molecule has 4 nitrogen and oxygen atoms in total. The van der Waals surface area contributed by atoms with Crippen LogP contribution in [-0.2, 0) is 11.3 Å². The van der Waals surface area contributed by atoms with E-state index in [1.807, 2.05) is 13.8 Å². The molecule has 20 heavy (non-hydrogen) atoms. The first kappa shape index (κ1) is 14.6. The van der Waals surface area contributed by atoms with E-state index >= 15 is 0 Å². The van der Waals surface area contributed by atoms with Gasteiger partial charge in [0, 0.05) is 12.1 Å². The van der Waals surface area contributed by atoms with E-state index in [1.54, 1.807) is 31.4 Å². The lowest BCUT2D eigenvalue weighted by Crippen LogP contribution is -2.07. The van der Waals surface area contributed by atoms with E-state index in [9.17, 15) is 4.79 Å². The van der Waals surface area contributed by atoms with Gasteiger partial charge in [0.05, 0.1) is 0 Å². The fraction of sp³-hybridized carbons (Fsp3) is 0.267. The van der Waals surface area contributed by atoms with E-state index < -0.39 is 5.97 Å². The van der Waals surface area contributed by atoms with Crippen molar-refractivity contribution in [3.63, 3.8) is 0 Å². The van der Waals surface area contributed by atoms with Crippen LogP contribution in [0.3, 0.4) is 0 Å². The molecule has 106 valence electrons. The van der Waals surface area contributed by atoms with Gasteiger partial charge in [0.25, 0.3) is 0 Å². The molecule has 0 radical (unpaired) electrons. The van der Waals surface area contributed by atoms with E-state index in [0.29, 0.717) is 23.1 Å². The molecule has 2 aromatic rings. The number of esters is 1. The highest BCUT2D eigenvalue weighted by Gasteiger charge is 2.15. The molecule has 0 fully saturated rings. The Morgan fingerprint density at radius 3 is 2.50 bits per heavy atom. The summed E-state index contributed by atoms with van der Waals surface area (Å²) in [7, 11) is 1.56. The largest absolute Gasteiger partial charge is 0.452 e. The van der Waals surface area contributed by atoms with Crippen LogP contribution in [0.15, 0.2) is 28.7 Å². The zero-order valence-corrected chi connectivity index (χ0v) is 12.3. The van der Waals surface area contributed by atoms with E-state index in [0.717, 1.165) is 11.1 Å². The average molecular weight is 295 g/mol. The van der Waals surface area contributed by atoms with Crippen molar-refractivity contribution in [3.8, 4) is 5.75 Å². The second-order valence-electron chi connectivity index (χ2n) is 4.46. The number of ether oxygens (including phenoxy) is 2. The molecule has 0 aliphatic heterocycles. The zero-order chi connectivity index (χ0) is 14.7. The van der Waals surface area contributed by atoms with Crippen LogP contribution in [0.2, 0.25) is 5.02 Å². The number of hydrogen-bond acceptors (Lipinski definition) is 4. The monoisotopic (exact) mass is 294 g/mol. The molecular weight excluding hydrogens is 280 g/mol. The predicted molar refractivity (Wildman–Crippen MR) is 75.3 cm³/mol. The fourth-order valence-corrected chi connectivity index (χ4v) is 1.94. The molecular formula is C15H15ClO4. The standard InChI is InChI=1S/C15H15ClO4/c1-9-6-12(7-10(2)14(9)16)20-15(17)13-5-4-11(19-13)8-18-3/h4-7H,8H2,1-3H3. The van der Waals surface area contributed by atoms with Gasteiger partial charge in [-0.3, -0.25) is 0 Å².